The normalized spacial score (nSPS) is 9.89. The maximum atomic E-state index is 11.1. The second-order valence-electron chi connectivity index (χ2n) is 4.16. The number of carbonyl (C=O) groups excluding carboxylic acids is 2. The molecule has 1 rings (SSSR count). The Morgan fingerprint density at radius 2 is 1.17 bits per heavy atom. The fourth-order valence-electron chi connectivity index (χ4n) is 1.64. The third-order valence-corrected chi connectivity index (χ3v) is 2.86. The van der Waals surface area contributed by atoms with Crippen molar-refractivity contribution in [3.05, 3.63) is 35.4 Å². The van der Waals surface area contributed by atoms with E-state index in [0.29, 0.717) is 12.8 Å². The second kappa shape index (κ2) is 7.48. The summed E-state index contributed by atoms with van der Waals surface area (Å²) in [7, 11) is 3.29. The van der Waals surface area contributed by atoms with E-state index in [1.54, 1.807) is 14.1 Å². The van der Waals surface area contributed by atoms with Crippen LogP contribution in [0.3, 0.4) is 0 Å². The Morgan fingerprint density at radius 1 is 0.833 bits per heavy atom. The van der Waals surface area contributed by atoms with Crippen molar-refractivity contribution in [1.82, 2.24) is 10.6 Å². The van der Waals surface area contributed by atoms with E-state index >= 15 is 0 Å². The first kappa shape index (κ1) is 14.2. The average Bonchev–Trinajstić information content (AvgIpc) is 2.43. The molecule has 0 aliphatic heterocycles. The van der Waals surface area contributed by atoms with Crippen LogP contribution in [0.4, 0.5) is 0 Å². The predicted molar refractivity (Wildman–Crippen MR) is 71.2 cm³/mol. The zero-order valence-corrected chi connectivity index (χ0v) is 11.0. The molecule has 0 heterocycles. The van der Waals surface area contributed by atoms with Crippen LogP contribution in [0.2, 0.25) is 0 Å². The standard InChI is InChI=1S/C14H20N2O2/c1-15-13(17)9-7-11-3-5-12(6-4-11)8-10-14(18)16-2/h3-6H,7-10H2,1-2H3,(H,15,17)(H,16,18). The number of benzene rings is 1. The summed E-state index contributed by atoms with van der Waals surface area (Å²) in [4.78, 5) is 22.2. The monoisotopic (exact) mass is 248 g/mol. The maximum Gasteiger partial charge on any atom is 0.220 e. The van der Waals surface area contributed by atoms with Crippen molar-refractivity contribution in [2.24, 2.45) is 0 Å². The van der Waals surface area contributed by atoms with Crippen molar-refractivity contribution >= 4 is 11.8 Å². The summed E-state index contributed by atoms with van der Waals surface area (Å²) in [5, 5.41) is 5.20. The zero-order valence-electron chi connectivity index (χ0n) is 11.0. The third kappa shape index (κ3) is 4.99. The Bertz CT molecular complexity index is 360. The number of carbonyl (C=O) groups is 2. The molecule has 0 fully saturated rings. The molecule has 1 aromatic rings. The van der Waals surface area contributed by atoms with Crippen LogP contribution in [0.1, 0.15) is 24.0 Å². The van der Waals surface area contributed by atoms with Gasteiger partial charge in [-0.25, -0.2) is 0 Å². The Hall–Kier alpha value is -1.84. The van der Waals surface area contributed by atoms with Gasteiger partial charge in [0.15, 0.2) is 0 Å². The number of rotatable bonds is 6. The minimum Gasteiger partial charge on any atom is -0.359 e. The van der Waals surface area contributed by atoms with Crippen LogP contribution in [-0.4, -0.2) is 25.9 Å². The molecule has 2 N–H and O–H groups in total. The molecule has 4 nitrogen and oxygen atoms in total. The highest BCUT2D eigenvalue weighted by molar-refractivity contribution is 5.76. The van der Waals surface area contributed by atoms with E-state index < -0.39 is 0 Å². The maximum absolute atomic E-state index is 11.1. The van der Waals surface area contributed by atoms with Gasteiger partial charge in [0, 0.05) is 26.9 Å². The van der Waals surface area contributed by atoms with Crippen LogP contribution in [0, 0.1) is 0 Å². The van der Waals surface area contributed by atoms with E-state index in [0.717, 1.165) is 24.0 Å². The molecule has 18 heavy (non-hydrogen) atoms. The summed E-state index contributed by atoms with van der Waals surface area (Å²) < 4.78 is 0. The topological polar surface area (TPSA) is 58.2 Å². The van der Waals surface area contributed by atoms with Gasteiger partial charge in [0.2, 0.25) is 11.8 Å². The van der Waals surface area contributed by atoms with Crippen molar-refractivity contribution in [1.29, 1.82) is 0 Å². The Morgan fingerprint density at radius 3 is 1.44 bits per heavy atom. The van der Waals surface area contributed by atoms with Crippen LogP contribution in [0.5, 0.6) is 0 Å². The van der Waals surface area contributed by atoms with Crippen LogP contribution < -0.4 is 10.6 Å². The third-order valence-electron chi connectivity index (χ3n) is 2.86. The van der Waals surface area contributed by atoms with Crippen molar-refractivity contribution < 1.29 is 9.59 Å². The van der Waals surface area contributed by atoms with Crippen LogP contribution in [0.15, 0.2) is 24.3 Å². The zero-order chi connectivity index (χ0) is 13.4. The molecule has 0 bridgehead atoms. The number of hydrogen-bond donors (Lipinski definition) is 2. The van der Waals surface area contributed by atoms with Gasteiger partial charge in [-0.15, -0.1) is 0 Å². The molecule has 0 radical (unpaired) electrons. The van der Waals surface area contributed by atoms with Crippen molar-refractivity contribution in [2.45, 2.75) is 25.7 Å². The molecular formula is C14H20N2O2. The summed E-state index contributed by atoms with van der Waals surface area (Å²) in [6.45, 7) is 0. The van der Waals surface area contributed by atoms with Crippen LogP contribution >= 0.6 is 0 Å². The highest BCUT2D eigenvalue weighted by Crippen LogP contribution is 2.08. The molecule has 0 saturated heterocycles. The van der Waals surface area contributed by atoms with E-state index in [9.17, 15) is 9.59 Å². The first-order chi connectivity index (χ1) is 8.65. The molecular weight excluding hydrogens is 228 g/mol. The summed E-state index contributed by atoms with van der Waals surface area (Å²) >= 11 is 0. The first-order valence-corrected chi connectivity index (χ1v) is 6.14. The fraction of sp³-hybridized carbons (Fsp3) is 0.429. The molecule has 1 aromatic carbocycles. The molecule has 0 aromatic heterocycles. The quantitative estimate of drug-likeness (QED) is 0.790. The van der Waals surface area contributed by atoms with Gasteiger partial charge in [-0.1, -0.05) is 24.3 Å². The molecule has 0 saturated carbocycles. The van der Waals surface area contributed by atoms with Gasteiger partial charge < -0.3 is 10.6 Å². The molecule has 0 unspecified atom stereocenters. The van der Waals surface area contributed by atoms with Crippen LogP contribution in [0.25, 0.3) is 0 Å². The van der Waals surface area contributed by atoms with Crippen molar-refractivity contribution in [3.63, 3.8) is 0 Å². The molecule has 2 amide bonds. The number of hydrogen-bond acceptors (Lipinski definition) is 2. The molecule has 0 aliphatic rings. The molecule has 4 heteroatoms. The van der Waals surface area contributed by atoms with Gasteiger partial charge in [-0.05, 0) is 24.0 Å². The molecule has 98 valence electrons. The largest absolute Gasteiger partial charge is 0.359 e. The number of nitrogens with one attached hydrogen (secondary N) is 2. The Labute approximate surface area is 108 Å². The Kier molecular flexibility index (Phi) is 5.91. The molecule has 0 spiro atoms. The summed E-state index contributed by atoms with van der Waals surface area (Å²) in [6, 6.07) is 8.06. The van der Waals surface area contributed by atoms with Crippen molar-refractivity contribution in [2.75, 3.05) is 14.1 Å². The summed E-state index contributed by atoms with van der Waals surface area (Å²) in [5.74, 6) is 0.109. The molecule has 0 aliphatic carbocycles. The van der Waals surface area contributed by atoms with Gasteiger partial charge in [-0.3, -0.25) is 9.59 Å². The molecule has 0 atom stereocenters. The smallest absolute Gasteiger partial charge is 0.220 e. The number of aryl methyl sites for hydroxylation is 2. The SMILES string of the molecule is CNC(=O)CCc1ccc(CCC(=O)NC)cc1. The lowest BCUT2D eigenvalue weighted by Crippen LogP contribution is -2.18. The highest BCUT2D eigenvalue weighted by atomic mass is 16.2. The van der Waals surface area contributed by atoms with Crippen molar-refractivity contribution in [3.8, 4) is 0 Å². The van der Waals surface area contributed by atoms with E-state index in [2.05, 4.69) is 10.6 Å². The minimum absolute atomic E-state index is 0.0543. The lowest BCUT2D eigenvalue weighted by Gasteiger charge is -2.04. The lowest BCUT2D eigenvalue weighted by molar-refractivity contribution is -0.121. The fourth-order valence-corrected chi connectivity index (χ4v) is 1.64. The van der Waals surface area contributed by atoms with E-state index in [-0.39, 0.29) is 11.8 Å². The van der Waals surface area contributed by atoms with Gasteiger partial charge in [0.25, 0.3) is 0 Å². The Balaban J connectivity index is 2.42. The summed E-state index contributed by atoms with van der Waals surface area (Å²) in [6.07, 6.45) is 2.51. The predicted octanol–water partition coefficient (Wildman–Crippen LogP) is 1.04. The second-order valence-corrected chi connectivity index (χ2v) is 4.16. The van der Waals surface area contributed by atoms with E-state index in [1.807, 2.05) is 24.3 Å². The number of amides is 2. The lowest BCUT2D eigenvalue weighted by atomic mass is 10.0. The minimum atomic E-state index is 0.0543. The highest BCUT2D eigenvalue weighted by Gasteiger charge is 2.02. The van der Waals surface area contributed by atoms with Gasteiger partial charge in [-0.2, -0.15) is 0 Å². The van der Waals surface area contributed by atoms with E-state index in [1.165, 1.54) is 0 Å². The van der Waals surface area contributed by atoms with E-state index in [4.69, 9.17) is 0 Å². The van der Waals surface area contributed by atoms with Gasteiger partial charge in [0.05, 0.1) is 0 Å². The van der Waals surface area contributed by atoms with Gasteiger partial charge >= 0.3 is 0 Å². The first-order valence-electron chi connectivity index (χ1n) is 6.14. The van der Waals surface area contributed by atoms with Crippen LogP contribution in [-0.2, 0) is 22.4 Å². The van der Waals surface area contributed by atoms with Gasteiger partial charge in [0.1, 0.15) is 0 Å². The summed E-state index contributed by atoms with van der Waals surface area (Å²) in [5.41, 5.74) is 2.28. The average molecular weight is 248 g/mol.